The van der Waals surface area contributed by atoms with Gasteiger partial charge < -0.3 is 9.80 Å². The summed E-state index contributed by atoms with van der Waals surface area (Å²) >= 11 is 10.8. The fraction of sp³-hybridized carbons (Fsp3) is 0.450. The molecule has 10 heteroatoms. The molecule has 0 saturated carbocycles. The Balaban J connectivity index is 1.39. The van der Waals surface area contributed by atoms with Gasteiger partial charge in [-0.15, -0.1) is 11.3 Å². The van der Waals surface area contributed by atoms with E-state index in [1.54, 1.807) is 12.1 Å². The van der Waals surface area contributed by atoms with E-state index in [2.05, 4.69) is 20.8 Å². The molecule has 2 fully saturated rings. The van der Waals surface area contributed by atoms with Gasteiger partial charge in [0.2, 0.25) is 5.91 Å². The van der Waals surface area contributed by atoms with Crippen molar-refractivity contribution in [3.63, 3.8) is 0 Å². The number of sulfonamides is 1. The highest BCUT2D eigenvalue weighted by molar-refractivity contribution is 9.11. The lowest BCUT2D eigenvalue weighted by Crippen LogP contribution is -2.53. The van der Waals surface area contributed by atoms with Gasteiger partial charge in [0.25, 0.3) is 10.0 Å². The van der Waals surface area contributed by atoms with Crippen molar-refractivity contribution in [2.45, 2.75) is 17.1 Å². The molecule has 30 heavy (non-hydrogen) atoms. The number of piperidine rings is 1. The number of carbonyl (C=O) groups is 1. The Morgan fingerprint density at radius 2 is 1.80 bits per heavy atom. The summed E-state index contributed by atoms with van der Waals surface area (Å²) in [5, 5.41) is 0.714. The summed E-state index contributed by atoms with van der Waals surface area (Å²) in [4.78, 5) is 17.2. The standard InChI is InChI=1S/C20H23BrClN3O3S2/c21-18-7-8-19(29-18)30(27,28)25-9-3-4-15(14-25)20(26)24-12-10-23(11-13-24)17-6-2-1-5-16(17)22/h1-2,5-8,15H,3-4,9-14H2. The van der Waals surface area contributed by atoms with Gasteiger partial charge in [-0.2, -0.15) is 4.31 Å². The van der Waals surface area contributed by atoms with Crippen molar-refractivity contribution in [3.05, 3.63) is 45.2 Å². The molecule has 4 rings (SSSR count). The van der Waals surface area contributed by atoms with Crippen LogP contribution in [0.4, 0.5) is 5.69 Å². The molecular formula is C20H23BrClN3O3S2. The summed E-state index contributed by atoms with van der Waals surface area (Å²) in [7, 11) is -3.56. The maximum Gasteiger partial charge on any atom is 0.252 e. The minimum atomic E-state index is -3.56. The Bertz CT molecular complexity index is 1020. The second kappa shape index (κ2) is 9.16. The van der Waals surface area contributed by atoms with Crippen LogP contribution in [0.15, 0.2) is 44.4 Å². The van der Waals surface area contributed by atoms with Crippen molar-refractivity contribution in [1.29, 1.82) is 0 Å². The number of piperazine rings is 1. The van der Waals surface area contributed by atoms with Crippen molar-refractivity contribution in [3.8, 4) is 0 Å². The molecule has 1 unspecified atom stereocenters. The third-order valence-electron chi connectivity index (χ3n) is 5.66. The van der Waals surface area contributed by atoms with Crippen LogP contribution in [0.5, 0.6) is 0 Å². The smallest absolute Gasteiger partial charge is 0.252 e. The molecule has 2 aliphatic rings. The molecule has 0 N–H and O–H groups in total. The first kappa shape index (κ1) is 22.1. The quantitative estimate of drug-likeness (QED) is 0.599. The largest absolute Gasteiger partial charge is 0.367 e. The normalized spacial score (nSPS) is 21.1. The van der Waals surface area contributed by atoms with Crippen LogP contribution >= 0.6 is 38.9 Å². The van der Waals surface area contributed by atoms with Crippen LogP contribution in [0, 0.1) is 5.92 Å². The van der Waals surface area contributed by atoms with E-state index in [0.717, 1.165) is 15.9 Å². The van der Waals surface area contributed by atoms with Crippen LogP contribution in [0.2, 0.25) is 5.02 Å². The minimum Gasteiger partial charge on any atom is -0.367 e. The molecule has 1 amide bonds. The van der Waals surface area contributed by atoms with E-state index in [9.17, 15) is 13.2 Å². The number of carbonyl (C=O) groups excluding carboxylic acids is 1. The van der Waals surface area contributed by atoms with Crippen LogP contribution in [-0.4, -0.2) is 62.8 Å². The lowest BCUT2D eigenvalue weighted by atomic mass is 9.97. The van der Waals surface area contributed by atoms with Crippen molar-refractivity contribution in [2.75, 3.05) is 44.2 Å². The number of thiophene rings is 1. The van der Waals surface area contributed by atoms with Gasteiger partial charge in [0.15, 0.2) is 0 Å². The zero-order valence-electron chi connectivity index (χ0n) is 16.3. The topological polar surface area (TPSA) is 60.9 Å². The number of rotatable bonds is 4. The van der Waals surface area contributed by atoms with E-state index in [0.29, 0.717) is 48.4 Å². The van der Waals surface area contributed by atoms with E-state index in [1.165, 1.54) is 15.6 Å². The average molecular weight is 533 g/mol. The molecule has 0 spiro atoms. The Labute approximate surface area is 194 Å². The average Bonchev–Trinajstić information content (AvgIpc) is 3.21. The summed E-state index contributed by atoms with van der Waals surface area (Å²) in [6, 6.07) is 11.1. The summed E-state index contributed by atoms with van der Waals surface area (Å²) in [5.41, 5.74) is 0.989. The molecule has 1 atom stereocenters. The highest BCUT2D eigenvalue weighted by Crippen LogP contribution is 2.32. The van der Waals surface area contributed by atoms with Crippen LogP contribution in [0.1, 0.15) is 12.8 Å². The van der Waals surface area contributed by atoms with Gasteiger partial charge in [-0.3, -0.25) is 4.79 Å². The molecule has 0 radical (unpaired) electrons. The van der Waals surface area contributed by atoms with Crippen molar-refractivity contribution in [1.82, 2.24) is 9.21 Å². The number of hydrogen-bond acceptors (Lipinski definition) is 5. The Hall–Kier alpha value is -1.13. The molecule has 1 aromatic carbocycles. The fourth-order valence-corrected chi connectivity index (χ4v) is 8.00. The number of amides is 1. The number of benzene rings is 1. The van der Waals surface area contributed by atoms with E-state index in [4.69, 9.17) is 11.6 Å². The first-order chi connectivity index (χ1) is 14.4. The van der Waals surface area contributed by atoms with Gasteiger partial charge in [0.05, 0.1) is 20.4 Å². The molecule has 3 heterocycles. The number of para-hydroxylation sites is 1. The predicted octanol–water partition coefficient (Wildman–Crippen LogP) is 3.91. The van der Waals surface area contributed by atoms with Crippen LogP contribution in [0.25, 0.3) is 0 Å². The number of hydrogen-bond donors (Lipinski definition) is 0. The lowest BCUT2D eigenvalue weighted by molar-refractivity contribution is -0.137. The number of halogens is 2. The summed E-state index contributed by atoms with van der Waals surface area (Å²) < 4.78 is 28.5. The van der Waals surface area contributed by atoms with Gasteiger partial charge in [-0.05, 0) is 53.0 Å². The Morgan fingerprint density at radius 3 is 2.47 bits per heavy atom. The zero-order chi connectivity index (χ0) is 21.3. The van der Waals surface area contributed by atoms with Crippen molar-refractivity contribution < 1.29 is 13.2 Å². The SMILES string of the molecule is O=C(C1CCCN(S(=O)(=O)c2ccc(Br)s2)C1)N1CCN(c2ccccc2Cl)CC1. The molecule has 6 nitrogen and oxygen atoms in total. The first-order valence-corrected chi connectivity index (χ1v) is 13.3. The highest BCUT2D eigenvalue weighted by atomic mass is 79.9. The molecule has 0 aliphatic carbocycles. The van der Waals surface area contributed by atoms with Crippen LogP contribution in [0.3, 0.4) is 0 Å². The second-order valence-electron chi connectivity index (χ2n) is 7.52. The molecule has 2 aliphatic heterocycles. The molecular weight excluding hydrogens is 510 g/mol. The van der Waals surface area contributed by atoms with Gasteiger partial charge in [0.1, 0.15) is 4.21 Å². The van der Waals surface area contributed by atoms with E-state index in [1.807, 2.05) is 29.2 Å². The summed E-state index contributed by atoms with van der Waals surface area (Å²) in [6.07, 6.45) is 1.42. The van der Waals surface area contributed by atoms with E-state index in [-0.39, 0.29) is 18.4 Å². The maximum absolute atomic E-state index is 13.1. The molecule has 0 bridgehead atoms. The highest BCUT2D eigenvalue weighted by Gasteiger charge is 2.36. The third-order valence-corrected chi connectivity index (χ3v) is 9.94. The van der Waals surface area contributed by atoms with Gasteiger partial charge in [0, 0.05) is 39.3 Å². The third kappa shape index (κ3) is 4.55. The first-order valence-electron chi connectivity index (χ1n) is 9.90. The van der Waals surface area contributed by atoms with Gasteiger partial charge in [-0.1, -0.05) is 23.7 Å². The minimum absolute atomic E-state index is 0.0565. The molecule has 162 valence electrons. The molecule has 2 saturated heterocycles. The Morgan fingerprint density at radius 1 is 1.07 bits per heavy atom. The van der Waals surface area contributed by atoms with Gasteiger partial charge >= 0.3 is 0 Å². The van der Waals surface area contributed by atoms with Crippen molar-refractivity contribution >= 4 is 60.5 Å². The van der Waals surface area contributed by atoms with Crippen LogP contribution in [-0.2, 0) is 14.8 Å². The predicted molar refractivity (Wildman–Crippen MR) is 124 cm³/mol. The van der Waals surface area contributed by atoms with Crippen LogP contribution < -0.4 is 4.90 Å². The monoisotopic (exact) mass is 531 g/mol. The van der Waals surface area contributed by atoms with E-state index >= 15 is 0 Å². The second-order valence-corrected chi connectivity index (χ2v) is 12.6. The summed E-state index contributed by atoms with van der Waals surface area (Å²) in [5.74, 6) is -0.232. The van der Waals surface area contributed by atoms with Crippen molar-refractivity contribution in [2.24, 2.45) is 5.92 Å². The Kier molecular flexibility index (Phi) is 6.74. The van der Waals surface area contributed by atoms with Gasteiger partial charge in [-0.25, -0.2) is 8.42 Å². The maximum atomic E-state index is 13.1. The summed E-state index contributed by atoms with van der Waals surface area (Å²) in [6.45, 7) is 3.38. The molecule has 1 aromatic heterocycles. The number of nitrogens with zero attached hydrogens (tertiary/aromatic N) is 3. The van der Waals surface area contributed by atoms with E-state index < -0.39 is 10.0 Å². The number of anilines is 1. The fourth-order valence-electron chi connectivity index (χ4n) is 4.06. The lowest BCUT2D eigenvalue weighted by Gasteiger charge is -2.39. The molecule has 2 aromatic rings. The zero-order valence-corrected chi connectivity index (χ0v) is 20.3.